The van der Waals surface area contributed by atoms with Crippen LogP contribution in [0, 0.1) is 6.92 Å². The first-order valence-electron chi connectivity index (χ1n) is 14.9. The zero-order valence-corrected chi connectivity index (χ0v) is 29.2. The van der Waals surface area contributed by atoms with E-state index in [2.05, 4.69) is 46.6 Å². The Morgan fingerprint density at radius 3 is 1.93 bits per heavy atom. The average Bonchev–Trinajstić information content (AvgIpc) is 2.94. The molecule has 9 nitrogen and oxygen atoms in total. The summed E-state index contributed by atoms with van der Waals surface area (Å²) in [5.74, 6) is 0.436. The third-order valence-electron chi connectivity index (χ3n) is 7.86. The summed E-state index contributed by atoms with van der Waals surface area (Å²) >= 11 is 0. The highest BCUT2D eigenvalue weighted by Gasteiger charge is 2.45. The molecule has 0 aliphatic carbocycles. The Hall–Kier alpha value is -2.89. The van der Waals surface area contributed by atoms with Gasteiger partial charge in [0.1, 0.15) is 18.1 Å². The first kappa shape index (κ1) is 36.3. The number of benzene rings is 2. The molecule has 2 rings (SSSR count). The van der Waals surface area contributed by atoms with Crippen LogP contribution in [0.3, 0.4) is 0 Å². The molecular formula is C32H50N2O7SSi. The normalized spacial score (nSPS) is 13.1. The van der Waals surface area contributed by atoms with E-state index < -0.39 is 30.4 Å². The summed E-state index contributed by atoms with van der Waals surface area (Å²) in [5.41, 5.74) is 2.66. The molecule has 1 unspecified atom stereocenters. The maximum Gasteiger partial charge on any atom is 0.302 e. The smallest absolute Gasteiger partial charge is 0.302 e. The van der Waals surface area contributed by atoms with Crippen molar-refractivity contribution in [3.05, 3.63) is 53.6 Å². The number of carbonyl (C=O) groups is 1. The Morgan fingerprint density at radius 1 is 0.930 bits per heavy atom. The second-order valence-corrected chi connectivity index (χ2v) is 18.9. The van der Waals surface area contributed by atoms with Gasteiger partial charge < -0.3 is 18.6 Å². The van der Waals surface area contributed by atoms with Crippen LogP contribution in [0.15, 0.2) is 52.5 Å². The first-order chi connectivity index (χ1) is 20.2. The van der Waals surface area contributed by atoms with Gasteiger partial charge in [0, 0.05) is 13.5 Å². The number of sulfonamides is 1. The molecule has 2 aromatic carbocycles. The minimum absolute atomic E-state index is 0.0807. The standard InChI is InChI=1S/C32H50N2O7SSi/c1-23(2)43(24(3)4,25(5)6)41-20-12-13-28(22-40-27(8)35)34(42(36,37)29-18-16-26(7)17-19-29)33-21-30-31(38-9)14-11-15-32(30)39-10/h11,14-19,21,23-25,28H,12-13,20,22H2,1-10H3/b33-21+. The molecule has 0 bridgehead atoms. The molecule has 1 atom stereocenters. The van der Waals surface area contributed by atoms with Gasteiger partial charge in [-0.2, -0.15) is 17.9 Å². The predicted octanol–water partition coefficient (Wildman–Crippen LogP) is 6.94. The molecule has 240 valence electrons. The molecule has 0 N–H and O–H groups in total. The van der Waals surface area contributed by atoms with E-state index in [0.717, 1.165) is 9.98 Å². The highest BCUT2D eigenvalue weighted by Crippen LogP contribution is 2.42. The van der Waals surface area contributed by atoms with Crippen LogP contribution >= 0.6 is 0 Å². The molecule has 0 saturated carbocycles. The van der Waals surface area contributed by atoms with Crippen LogP contribution in [0.4, 0.5) is 0 Å². The fourth-order valence-corrected chi connectivity index (χ4v) is 12.8. The summed E-state index contributed by atoms with van der Waals surface area (Å²) in [4.78, 5) is 12.0. The molecule has 0 spiro atoms. The van der Waals surface area contributed by atoms with Gasteiger partial charge in [-0.3, -0.25) is 4.79 Å². The largest absolute Gasteiger partial charge is 0.496 e. The Morgan fingerprint density at radius 2 is 1.47 bits per heavy atom. The molecule has 0 aromatic heterocycles. The van der Waals surface area contributed by atoms with Gasteiger partial charge in [-0.15, -0.1) is 0 Å². The molecule has 11 heteroatoms. The second kappa shape index (κ2) is 16.3. The zero-order valence-electron chi connectivity index (χ0n) is 27.4. The quantitative estimate of drug-likeness (QED) is 0.0610. The molecular weight excluding hydrogens is 585 g/mol. The van der Waals surface area contributed by atoms with E-state index >= 15 is 0 Å². The number of ether oxygens (including phenoxy) is 3. The highest BCUT2D eigenvalue weighted by molar-refractivity contribution is 7.89. The topological polar surface area (TPSA) is 104 Å². The predicted molar refractivity (Wildman–Crippen MR) is 174 cm³/mol. The van der Waals surface area contributed by atoms with Crippen LogP contribution < -0.4 is 9.47 Å². The summed E-state index contributed by atoms with van der Waals surface area (Å²) in [6.07, 6.45) is 2.33. The molecule has 0 heterocycles. The molecule has 0 aliphatic heterocycles. The van der Waals surface area contributed by atoms with E-state index in [1.54, 1.807) is 42.5 Å². The molecule has 0 fully saturated rings. The number of hydrogen-bond donors (Lipinski definition) is 0. The van der Waals surface area contributed by atoms with Crippen LogP contribution in [0.25, 0.3) is 0 Å². The SMILES string of the molecule is COc1cccc(OC)c1/C=N/N(C(CCCO[Si](C(C)C)(C(C)C)C(C)C)COC(C)=O)S(=O)(=O)c1ccc(C)cc1. The van der Waals surface area contributed by atoms with Crippen molar-refractivity contribution in [3.8, 4) is 11.5 Å². The van der Waals surface area contributed by atoms with Crippen LogP contribution in [-0.4, -0.2) is 66.8 Å². The Kier molecular flexibility index (Phi) is 13.7. The van der Waals surface area contributed by atoms with Crippen LogP contribution in [0.2, 0.25) is 16.6 Å². The number of hydrogen-bond acceptors (Lipinski definition) is 8. The summed E-state index contributed by atoms with van der Waals surface area (Å²) in [6, 6.07) is 11.0. The molecule has 0 saturated heterocycles. The number of methoxy groups -OCH3 is 2. The van der Waals surface area contributed by atoms with Gasteiger partial charge in [-0.1, -0.05) is 65.3 Å². The van der Waals surface area contributed by atoms with E-state index in [0.29, 0.717) is 53.1 Å². The van der Waals surface area contributed by atoms with Crippen LogP contribution in [0.1, 0.15) is 72.4 Å². The fourth-order valence-electron chi connectivity index (χ4n) is 5.83. The van der Waals surface area contributed by atoms with Crippen molar-refractivity contribution in [1.82, 2.24) is 4.41 Å². The minimum atomic E-state index is -4.15. The monoisotopic (exact) mass is 634 g/mol. The number of aryl methyl sites for hydroxylation is 1. The summed E-state index contributed by atoms with van der Waals surface area (Å²) in [5, 5.41) is 4.51. The number of esters is 1. The van der Waals surface area contributed by atoms with E-state index in [-0.39, 0.29) is 11.5 Å². The zero-order chi connectivity index (χ0) is 32.4. The average molecular weight is 635 g/mol. The second-order valence-electron chi connectivity index (χ2n) is 11.7. The fraction of sp³-hybridized carbons (Fsp3) is 0.562. The first-order valence-corrected chi connectivity index (χ1v) is 18.4. The van der Waals surface area contributed by atoms with Crippen molar-refractivity contribution in [1.29, 1.82) is 0 Å². The number of carbonyl (C=O) groups excluding carboxylic acids is 1. The molecule has 43 heavy (non-hydrogen) atoms. The Bertz CT molecular complexity index is 1270. The Balaban J connectivity index is 2.54. The van der Waals surface area contributed by atoms with Gasteiger partial charge in [-0.05, 0) is 60.7 Å². The molecule has 0 radical (unpaired) electrons. The summed E-state index contributed by atoms with van der Waals surface area (Å²) < 4.78 is 52.4. The van der Waals surface area contributed by atoms with E-state index in [1.807, 2.05) is 6.92 Å². The molecule has 2 aromatic rings. The van der Waals surface area contributed by atoms with Gasteiger partial charge in [0.25, 0.3) is 10.0 Å². The third-order valence-corrected chi connectivity index (χ3v) is 15.7. The lowest BCUT2D eigenvalue weighted by molar-refractivity contribution is -0.142. The maximum atomic E-state index is 14.1. The van der Waals surface area contributed by atoms with Crippen molar-refractivity contribution in [2.45, 2.75) is 95.8 Å². The third kappa shape index (κ3) is 9.06. The van der Waals surface area contributed by atoms with Crippen molar-refractivity contribution in [2.24, 2.45) is 5.10 Å². The van der Waals surface area contributed by atoms with Gasteiger partial charge in [0.05, 0.1) is 36.9 Å². The number of nitrogens with zero attached hydrogens (tertiary/aromatic N) is 2. The molecule has 0 amide bonds. The Labute approximate surface area is 259 Å². The lowest BCUT2D eigenvalue weighted by Crippen LogP contribution is -2.48. The lowest BCUT2D eigenvalue weighted by atomic mass is 10.2. The summed E-state index contributed by atoms with van der Waals surface area (Å²) in [7, 11) is -3.22. The van der Waals surface area contributed by atoms with Crippen LogP contribution in [0.5, 0.6) is 11.5 Å². The van der Waals surface area contributed by atoms with E-state index in [9.17, 15) is 13.2 Å². The highest BCUT2D eigenvalue weighted by atomic mass is 32.2. The van der Waals surface area contributed by atoms with Gasteiger partial charge in [0.15, 0.2) is 8.32 Å². The van der Waals surface area contributed by atoms with Crippen molar-refractivity contribution in [3.63, 3.8) is 0 Å². The number of hydrazone groups is 1. The van der Waals surface area contributed by atoms with Gasteiger partial charge in [0.2, 0.25) is 0 Å². The van der Waals surface area contributed by atoms with E-state index in [1.165, 1.54) is 27.4 Å². The van der Waals surface area contributed by atoms with Crippen LogP contribution in [-0.2, 0) is 24.0 Å². The lowest BCUT2D eigenvalue weighted by Gasteiger charge is -2.42. The van der Waals surface area contributed by atoms with Gasteiger partial charge in [-0.25, -0.2) is 0 Å². The summed E-state index contributed by atoms with van der Waals surface area (Å²) in [6.45, 7) is 16.9. The maximum absolute atomic E-state index is 14.1. The van der Waals surface area contributed by atoms with Crippen molar-refractivity contribution >= 4 is 30.5 Å². The van der Waals surface area contributed by atoms with E-state index in [4.69, 9.17) is 18.6 Å². The van der Waals surface area contributed by atoms with Crippen molar-refractivity contribution < 1.29 is 31.8 Å². The minimum Gasteiger partial charge on any atom is -0.496 e. The van der Waals surface area contributed by atoms with Gasteiger partial charge >= 0.3 is 5.97 Å². The van der Waals surface area contributed by atoms with Crippen molar-refractivity contribution in [2.75, 3.05) is 27.4 Å². The number of rotatable bonds is 17. The molecule has 0 aliphatic rings.